The Morgan fingerprint density at radius 1 is 1.25 bits per heavy atom. The number of aromatic nitrogens is 1. The van der Waals surface area contributed by atoms with Gasteiger partial charge < -0.3 is 19.9 Å². The standard InChI is InChI=1S/C20H19FN2O4S/c1-26-12-7-8-17(27-2)14(9-12)16(24)10-22-19(25)18-11-23-20(28-18)13-5-3-4-6-15(13)21/h3-9,11,16,24H,10H2,1-2H3,(H,22,25). The molecule has 1 atom stereocenters. The number of nitrogens with zero attached hydrogens (tertiary/aromatic N) is 1. The Morgan fingerprint density at radius 2 is 2.04 bits per heavy atom. The van der Waals surface area contributed by atoms with Gasteiger partial charge in [0.1, 0.15) is 33.3 Å². The highest BCUT2D eigenvalue weighted by Gasteiger charge is 2.18. The Balaban J connectivity index is 1.69. The molecule has 0 bridgehead atoms. The molecule has 146 valence electrons. The number of carbonyl (C=O) groups is 1. The van der Waals surface area contributed by atoms with Crippen LogP contribution in [-0.2, 0) is 0 Å². The third-order valence-corrected chi connectivity index (χ3v) is 5.11. The molecular weight excluding hydrogens is 383 g/mol. The van der Waals surface area contributed by atoms with Gasteiger partial charge in [-0.25, -0.2) is 9.37 Å². The number of rotatable bonds is 7. The smallest absolute Gasteiger partial charge is 0.263 e. The highest BCUT2D eigenvalue weighted by molar-refractivity contribution is 7.16. The number of carbonyl (C=O) groups excluding carboxylic acids is 1. The fourth-order valence-electron chi connectivity index (χ4n) is 2.62. The van der Waals surface area contributed by atoms with Crippen LogP contribution in [0.15, 0.2) is 48.7 Å². The summed E-state index contributed by atoms with van der Waals surface area (Å²) < 4.78 is 24.3. The molecular formula is C20H19FN2O4S. The van der Waals surface area contributed by atoms with Gasteiger partial charge in [-0.1, -0.05) is 12.1 Å². The number of aliphatic hydroxyl groups excluding tert-OH is 1. The first kappa shape index (κ1) is 19.8. The topological polar surface area (TPSA) is 80.7 Å². The summed E-state index contributed by atoms with van der Waals surface area (Å²) in [6.45, 7) is -0.0324. The minimum Gasteiger partial charge on any atom is -0.497 e. The van der Waals surface area contributed by atoms with Crippen molar-refractivity contribution in [2.75, 3.05) is 20.8 Å². The van der Waals surface area contributed by atoms with Crippen LogP contribution in [0.4, 0.5) is 4.39 Å². The molecule has 0 saturated heterocycles. The van der Waals surface area contributed by atoms with Crippen LogP contribution in [-0.4, -0.2) is 36.8 Å². The molecule has 3 aromatic rings. The maximum Gasteiger partial charge on any atom is 0.263 e. The van der Waals surface area contributed by atoms with Crippen LogP contribution < -0.4 is 14.8 Å². The van der Waals surface area contributed by atoms with E-state index in [1.165, 1.54) is 26.5 Å². The quantitative estimate of drug-likeness (QED) is 0.633. The normalized spacial score (nSPS) is 11.7. The van der Waals surface area contributed by atoms with Crippen molar-refractivity contribution in [1.29, 1.82) is 0 Å². The minimum atomic E-state index is -0.993. The van der Waals surface area contributed by atoms with Gasteiger partial charge in [0.25, 0.3) is 5.91 Å². The zero-order valence-electron chi connectivity index (χ0n) is 15.3. The summed E-state index contributed by atoms with van der Waals surface area (Å²) in [5, 5.41) is 13.5. The molecule has 0 aliphatic heterocycles. The third-order valence-electron chi connectivity index (χ3n) is 4.09. The fraction of sp³-hybridized carbons (Fsp3) is 0.200. The summed E-state index contributed by atoms with van der Waals surface area (Å²) >= 11 is 1.08. The SMILES string of the molecule is COc1ccc(OC)c(C(O)CNC(=O)c2cnc(-c3ccccc3F)s2)c1. The van der Waals surface area contributed by atoms with E-state index < -0.39 is 17.8 Å². The van der Waals surface area contributed by atoms with E-state index in [9.17, 15) is 14.3 Å². The molecule has 2 N–H and O–H groups in total. The molecule has 0 spiro atoms. The lowest BCUT2D eigenvalue weighted by Gasteiger charge is -2.16. The highest BCUT2D eigenvalue weighted by atomic mass is 32.1. The van der Waals surface area contributed by atoms with E-state index >= 15 is 0 Å². The molecule has 28 heavy (non-hydrogen) atoms. The summed E-state index contributed by atoms with van der Waals surface area (Å²) in [6, 6.07) is 11.3. The maximum atomic E-state index is 13.9. The van der Waals surface area contributed by atoms with Gasteiger partial charge in [0.2, 0.25) is 0 Å². The molecule has 8 heteroatoms. The molecule has 0 saturated carbocycles. The number of hydrogen-bond donors (Lipinski definition) is 2. The molecule has 2 aromatic carbocycles. The lowest BCUT2D eigenvalue weighted by atomic mass is 10.1. The second-order valence-corrected chi connectivity index (χ2v) is 6.87. The Hall–Kier alpha value is -2.97. The number of halogens is 1. The first-order valence-corrected chi connectivity index (χ1v) is 9.24. The number of benzene rings is 2. The zero-order chi connectivity index (χ0) is 20.1. The highest BCUT2D eigenvalue weighted by Crippen LogP contribution is 2.30. The summed E-state index contributed by atoms with van der Waals surface area (Å²) in [7, 11) is 3.02. The van der Waals surface area contributed by atoms with Gasteiger partial charge in [-0.05, 0) is 30.3 Å². The van der Waals surface area contributed by atoms with Gasteiger partial charge in [-0.3, -0.25) is 4.79 Å². The summed E-state index contributed by atoms with van der Waals surface area (Å²) in [4.78, 5) is 16.8. The van der Waals surface area contributed by atoms with E-state index in [1.54, 1.807) is 36.4 Å². The summed E-state index contributed by atoms with van der Waals surface area (Å²) in [5.41, 5.74) is 0.839. The van der Waals surface area contributed by atoms with E-state index in [2.05, 4.69) is 10.3 Å². The van der Waals surface area contributed by atoms with Gasteiger partial charge in [0, 0.05) is 17.7 Å². The van der Waals surface area contributed by atoms with E-state index in [4.69, 9.17) is 9.47 Å². The summed E-state index contributed by atoms with van der Waals surface area (Å²) in [5.74, 6) is 0.255. The Morgan fingerprint density at radius 3 is 2.75 bits per heavy atom. The molecule has 1 amide bonds. The summed E-state index contributed by atoms with van der Waals surface area (Å²) in [6.07, 6.45) is 0.397. The van der Waals surface area contributed by atoms with Crippen LogP contribution in [0.3, 0.4) is 0 Å². The van der Waals surface area contributed by atoms with E-state index in [-0.39, 0.29) is 6.54 Å². The van der Waals surface area contributed by atoms with Crippen molar-refractivity contribution in [3.63, 3.8) is 0 Å². The number of thiazole rings is 1. The molecule has 1 heterocycles. The largest absolute Gasteiger partial charge is 0.497 e. The van der Waals surface area contributed by atoms with E-state index in [0.717, 1.165) is 11.3 Å². The minimum absolute atomic E-state index is 0.0324. The molecule has 0 fully saturated rings. The van der Waals surface area contributed by atoms with Crippen LogP contribution >= 0.6 is 11.3 Å². The van der Waals surface area contributed by atoms with Crippen LogP contribution in [0.2, 0.25) is 0 Å². The second-order valence-electron chi connectivity index (χ2n) is 5.84. The maximum absolute atomic E-state index is 13.9. The van der Waals surface area contributed by atoms with Gasteiger partial charge in [0.05, 0.1) is 20.4 Å². The fourth-order valence-corrected chi connectivity index (χ4v) is 3.48. The Kier molecular flexibility index (Phi) is 6.23. The predicted molar refractivity (Wildman–Crippen MR) is 104 cm³/mol. The van der Waals surface area contributed by atoms with Crippen molar-refractivity contribution >= 4 is 17.2 Å². The molecule has 0 radical (unpaired) electrons. The van der Waals surface area contributed by atoms with Crippen molar-refractivity contribution in [1.82, 2.24) is 10.3 Å². The zero-order valence-corrected chi connectivity index (χ0v) is 16.1. The number of nitrogens with one attached hydrogen (secondary N) is 1. The average molecular weight is 402 g/mol. The number of amides is 1. The van der Waals surface area contributed by atoms with E-state index in [1.807, 2.05) is 0 Å². The van der Waals surface area contributed by atoms with Gasteiger partial charge in [-0.15, -0.1) is 11.3 Å². The van der Waals surface area contributed by atoms with Crippen molar-refractivity contribution in [2.24, 2.45) is 0 Å². The lowest BCUT2D eigenvalue weighted by Crippen LogP contribution is -2.28. The molecule has 0 aliphatic rings. The molecule has 6 nitrogen and oxygen atoms in total. The van der Waals surface area contributed by atoms with Gasteiger partial charge >= 0.3 is 0 Å². The van der Waals surface area contributed by atoms with Crippen LogP contribution in [0.1, 0.15) is 21.3 Å². The number of ether oxygens (including phenoxy) is 2. The Bertz CT molecular complexity index is 976. The first-order chi connectivity index (χ1) is 13.5. The number of aliphatic hydroxyl groups is 1. The number of methoxy groups -OCH3 is 2. The first-order valence-electron chi connectivity index (χ1n) is 8.42. The molecule has 3 rings (SSSR count). The van der Waals surface area contributed by atoms with Crippen molar-refractivity contribution < 1.29 is 23.8 Å². The lowest BCUT2D eigenvalue weighted by molar-refractivity contribution is 0.0918. The monoisotopic (exact) mass is 402 g/mol. The van der Waals surface area contributed by atoms with Crippen LogP contribution in [0.25, 0.3) is 10.6 Å². The predicted octanol–water partition coefficient (Wildman–Crippen LogP) is 3.43. The molecule has 0 aliphatic carbocycles. The molecule has 1 aromatic heterocycles. The van der Waals surface area contributed by atoms with Crippen molar-refractivity contribution in [3.05, 3.63) is 64.9 Å². The Labute approximate surface area is 165 Å². The third kappa shape index (κ3) is 4.29. The van der Waals surface area contributed by atoms with Crippen molar-refractivity contribution in [3.8, 4) is 22.1 Å². The molecule has 1 unspecified atom stereocenters. The van der Waals surface area contributed by atoms with Crippen molar-refractivity contribution in [2.45, 2.75) is 6.10 Å². The average Bonchev–Trinajstić information content (AvgIpc) is 3.21. The van der Waals surface area contributed by atoms with E-state index in [0.29, 0.717) is 32.5 Å². The second kappa shape index (κ2) is 8.81. The van der Waals surface area contributed by atoms with Gasteiger partial charge in [0.15, 0.2) is 0 Å². The number of hydrogen-bond acceptors (Lipinski definition) is 6. The van der Waals surface area contributed by atoms with Gasteiger partial charge in [-0.2, -0.15) is 0 Å². The van der Waals surface area contributed by atoms with Crippen LogP contribution in [0, 0.1) is 5.82 Å². The van der Waals surface area contributed by atoms with Crippen LogP contribution in [0.5, 0.6) is 11.5 Å².